The van der Waals surface area contributed by atoms with Crippen LogP contribution in [0, 0.1) is 0 Å². The Kier molecular flexibility index (Phi) is 5.49. The lowest BCUT2D eigenvalue weighted by Gasteiger charge is -2.45. The second-order valence-electron chi connectivity index (χ2n) is 10.4. The van der Waals surface area contributed by atoms with Crippen molar-refractivity contribution in [2.45, 2.75) is 36.1 Å². The number of hydrogen-bond donors (Lipinski definition) is 1. The zero-order chi connectivity index (χ0) is 24.2. The van der Waals surface area contributed by atoms with Gasteiger partial charge in [0.1, 0.15) is 17.2 Å². The van der Waals surface area contributed by atoms with E-state index in [4.69, 9.17) is 15.7 Å². The molecular formula is C28H31N7S. The van der Waals surface area contributed by atoms with E-state index in [1.165, 1.54) is 18.7 Å². The summed E-state index contributed by atoms with van der Waals surface area (Å²) in [5.74, 6) is 2.10. The van der Waals surface area contributed by atoms with Crippen molar-refractivity contribution < 1.29 is 0 Å². The predicted octanol–water partition coefficient (Wildman–Crippen LogP) is 3.69. The Hall–Kier alpha value is -2.94. The third-order valence-corrected chi connectivity index (χ3v) is 9.38. The number of imidazole rings is 1. The number of aliphatic imine (C=N–C) groups is 1. The fourth-order valence-corrected chi connectivity index (χ4v) is 7.05. The monoisotopic (exact) mass is 497 g/mol. The van der Waals surface area contributed by atoms with Crippen LogP contribution >= 0.6 is 11.8 Å². The molecule has 0 bridgehead atoms. The zero-order valence-corrected chi connectivity index (χ0v) is 21.3. The molecule has 0 spiro atoms. The highest BCUT2D eigenvalue weighted by Crippen LogP contribution is 2.43. The molecule has 0 radical (unpaired) electrons. The minimum atomic E-state index is 0.105. The van der Waals surface area contributed by atoms with Crippen molar-refractivity contribution in [2.75, 3.05) is 39.0 Å². The van der Waals surface area contributed by atoms with Gasteiger partial charge >= 0.3 is 0 Å². The molecule has 7 nitrogen and oxygen atoms in total. The summed E-state index contributed by atoms with van der Waals surface area (Å²) in [5, 5.41) is 1.43. The summed E-state index contributed by atoms with van der Waals surface area (Å²) in [6.07, 6.45) is 12.9. The van der Waals surface area contributed by atoms with Crippen LogP contribution in [-0.4, -0.2) is 79.8 Å². The number of nitrogens with two attached hydrogens (primary N) is 1. The van der Waals surface area contributed by atoms with E-state index in [0.717, 1.165) is 53.6 Å². The summed E-state index contributed by atoms with van der Waals surface area (Å²) < 4.78 is 2.19. The summed E-state index contributed by atoms with van der Waals surface area (Å²) in [6.45, 7) is 4.66. The van der Waals surface area contributed by atoms with Crippen molar-refractivity contribution in [3.8, 4) is 0 Å². The highest BCUT2D eigenvalue weighted by Gasteiger charge is 2.39. The average molecular weight is 498 g/mol. The molecule has 184 valence electrons. The van der Waals surface area contributed by atoms with Gasteiger partial charge in [-0.1, -0.05) is 54.2 Å². The van der Waals surface area contributed by atoms with Gasteiger partial charge in [0.15, 0.2) is 0 Å². The Labute approximate surface area is 215 Å². The number of allylic oxidation sites excluding steroid dienone is 2. The van der Waals surface area contributed by atoms with E-state index in [-0.39, 0.29) is 6.04 Å². The third kappa shape index (κ3) is 3.79. The molecule has 2 aromatic heterocycles. The lowest BCUT2D eigenvalue weighted by atomic mass is 9.78. The SMILES string of the molecule is CN1CCN([C@H]2C[C@@H](c3nc(C4=CC5N=C(c6ccccc6)SC5C=C4)c4c(N)nccn43)C2)CC1. The van der Waals surface area contributed by atoms with Crippen molar-refractivity contribution in [1.29, 1.82) is 0 Å². The van der Waals surface area contributed by atoms with E-state index < -0.39 is 0 Å². The number of anilines is 1. The normalized spacial score (nSPS) is 28.6. The third-order valence-electron chi connectivity index (χ3n) is 8.10. The van der Waals surface area contributed by atoms with Gasteiger partial charge in [-0.25, -0.2) is 9.97 Å². The quantitative estimate of drug-likeness (QED) is 0.593. The molecule has 4 heterocycles. The number of nitrogen functional groups attached to an aromatic ring is 1. The van der Waals surface area contributed by atoms with E-state index in [0.29, 0.717) is 23.0 Å². The summed E-state index contributed by atoms with van der Waals surface area (Å²) in [6, 6.07) is 11.2. The maximum Gasteiger partial charge on any atom is 0.150 e. The first-order valence-corrected chi connectivity index (χ1v) is 13.8. The Bertz CT molecular complexity index is 1380. The number of aromatic nitrogens is 3. The van der Waals surface area contributed by atoms with Crippen molar-refractivity contribution in [3.05, 3.63) is 78.0 Å². The van der Waals surface area contributed by atoms with E-state index in [1.807, 2.05) is 24.0 Å². The summed E-state index contributed by atoms with van der Waals surface area (Å²) in [4.78, 5) is 19.8. The number of hydrogen-bond acceptors (Lipinski definition) is 7. The first kappa shape index (κ1) is 22.3. The number of rotatable bonds is 4. The first-order chi connectivity index (χ1) is 17.6. The Morgan fingerprint density at radius 3 is 2.67 bits per heavy atom. The minimum Gasteiger partial charge on any atom is -0.382 e. The molecule has 4 aliphatic rings. The topological polar surface area (TPSA) is 75.0 Å². The lowest BCUT2D eigenvalue weighted by molar-refractivity contribution is 0.0586. The average Bonchev–Trinajstić information content (AvgIpc) is 3.47. The minimum absolute atomic E-state index is 0.105. The van der Waals surface area contributed by atoms with Gasteiger partial charge in [-0.15, -0.1) is 0 Å². The standard InChI is InChI=1S/C28H31N7S/c1-33-11-13-34(14-12-33)21-15-20(16-21)27-32-24(25-26(29)30-9-10-35(25)27)19-7-8-23-22(17-19)31-28(36-23)18-5-3-2-4-6-18/h2-10,17,20-23H,11-16H2,1H3,(H2,29,30)/t20-,21+,22?,23?. The fraction of sp³-hybridized carbons (Fsp3) is 0.393. The summed E-state index contributed by atoms with van der Waals surface area (Å²) >= 11 is 1.84. The molecular weight excluding hydrogens is 466 g/mol. The number of thioether (sulfide) groups is 1. The van der Waals surface area contributed by atoms with E-state index in [1.54, 1.807) is 6.20 Å². The van der Waals surface area contributed by atoms with E-state index >= 15 is 0 Å². The number of piperazine rings is 1. The van der Waals surface area contributed by atoms with Crippen LogP contribution in [0.4, 0.5) is 5.82 Å². The summed E-state index contributed by atoms with van der Waals surface area (Å²) in [7, 11) is 2.21. The number of fused-ring (bicyclic) bond motifs is 2. The van der Waals surface area contributed by atoms with Crippen LogP contribution in [0.1, 0.15) is 35.8 Å². The highest BCUT2D eigenvalue weighted by molar-refractivity contribution is 8.15. The summed E-state index contributed by atoms with van der Waals surface area (Å²) in [5.41, 5.74) is 10.6. The van der Waals surface area contributed by atoms with Crippen LogP contribution in [-0.2, 0) is 0 Å². The predicted molar refractivity (Wildman–Crippen MR) is 147 cm³/mol. The molecule has 8 heteroatoms. The Balaban J connectivity index is 1.18. The maximum atomic E-state index is 6.43. The first-order valence-electron chi connectivity index (χ1n) is 12.9. The van der Waals surface area contributed by atoms with Crippen LogP contribution in [0.25, 0.3) is 11.1 Å². The number of nitrogens with zero attached hydrogens (tertiary/aromatic N) is 6. The van der Waals surface area contributed by atoms with Gasteiger partial charge in [0.25, 0.3) is 0 Å². The zero-order valence-electron chi connectivity index (χ0n) is 20.5. The molecule has 2 unspecified atom stereocenters. The van der Waals surface area contributed by atoms with E-state index in [9.17, 15) is 0 Å². The number of likely N-dealkylation sites (N-methyl/N-ethyl adjacent to an activating group) is 1. The van der Waals surface area contributed by atoms with Crippen molar-refractivity contribution in [1.82, 2.24) is 24.2 Å². The molecule has 2 aliphatic carbocycles. The second-order valence-corrected chi connectivity index (χ2v) is 11.5. The van der Waals surface area contributed by atoms with Gasteiger partial charge in [0.05, 0.1) is 22.0 Å². The molecule has 2 aliphatic heterocycles. The van der Waals surface area contributed by atoms with Crippen LogP contribution in [0.2, 0.25) is 0 Å². The molecule has 0 amide bonds. The molecule has 2 N–H and O–H groups in total. The molecule has 7 rings (SSSR count). The van der Waals surface area contributed by atoms with Crippen molar-refractivity contribution in [3.63, 3.8) is 0 Å². The van der Waals surface area contributed by atoms with Gasteiger partial charge in [-0.2, -0.15) is 0 Å². The van der Waals surface area contributed by atoms with Crippen LogP contribution in [0.3, 0.4) is 0 Å². The van der Waals surface area contributed by atoms with Crippen LogP contribution < -0.4 is 5.73 Å². The molecule has 1 aromatic carbocycles. The Morgan fingerprint density at radius 1 is 1.06 bits per heavy atom. The van der Waals surface area contributed by atoms with Crippen molar-refractivity contribution in [2.24, 2.45) is 4.99 Å². The molecule has 2 fully saturated rings. The van der Waals surface area contributed by atoms with Gasteiger partial charge in [-0.05, 0) is 26.0 Å². The molecule has 36 heavy (non-hydrogen) atoms. The largest absolute Gasteiger partial charge is 0.382 e. The van der Waals surface area contributed by atoms with Crippen LogP contribution in [0.5, 0.6) is 0 Å². The van der Waals surface area contributed by atoms with E-state index in [2.05, 4.69) is 68.7 Å². The number of benzene rings is 1. The van der Waals surface area contributed by atoms with Gasteiger partial charge in [0.2, 0.25) is 0 Å². The molecule has 1 saturated carbocycles. The highest BCUT2D eigenvalue weighted by atomic mass is 32.2. The fourth-order valence-electron chi connectivity index (χ4n) is 5.90. The van der Waals surface area contributed by atoms with Gasteiger partial charge < -0.3 is 10.6 Å². The van der Waals surface area contributed by atoms with Gasteiger partial charge in [-0.3, -0.25) is 14.3 Å². The smallest absolute Gasteiger partial charge is 0.150 e. The molecule has 3 aromatic rings. The second kappa shape index (κ2) is 8.87. The van der Waals surface area contributed by atoms with Gasteiger partial charge in [0, 0.05) is 61.7 Å². The molecule has 1 saturated heterocycles. The lowest BCUT2D eigenvalue weighted by Crippen LogP contribution is -2.52. The Morgan fingerprint density at radius 2 is 1.86 bits per heavy atom. The molecule has 2 atom stereocenters. The van der Waals surface area contributed by atoms with Crippen molar-refractivity contribution >= 4 is 33.7 Å². The maximum absolute atomic E-state index is 6.43. The van der Waals surface area contributed by atoms with Crippen LogP contribution in [0.15, 0.2) is 65.9 Å².